The van der Waals surface area contributed by atoms with Crippen LogP contribution in [0.3, 0.4) is 0 Å². The fourth-order valence-electron chi connectivity index (χ4n) is 3.94. The summed E-state index contributed by atoms with van der Waals surface area (Å²) in [6.45, 7) is 1.93. The molecule has 0 aromatic heterocycles. The van der Waals surface area contributed by atoms with Crippen molar-refractivity contribution in [2.75, 3.05) is 26.6 Å². The van der Waals surface area contributed by atoms with Gasteiger partial charge in [-0.2, -0.15) is 5.10 Å². The van der Waals surface area contributed by atoms with Crippen molar-refractivity contribution >= 4 is 45.6 Å². The molecule has 0 spiro atoms. The van der Waals surface area contributed by atoms with Crippen molar-refractivity contribution in [3.8, 4) is 23.0 Å². The lowest BCUT2D eigenvalue weighted by molar-refractivity contribution is 0.0733. The quantitative estimate of drug-likeness (QED) is 0.0935. The molecule has 0 aliphatic carbocycles. The summed E-state index contributed by atoms with van der Waals surface area (Å²) in [5.74, 6) is -0.201. The van der Waals surface area contributed by atoms with Crippen LogP contribution in [0.25, 0.3) is 0 Å². The van der Waals surface area contributed by atoms with Crippen molar-refractivity contribution in [1.82, 2.24) is 5.43 Å². The van der Waals surface area contributed by atoms with Gasteiger partial charge >= 0.3 is 5.97 Å². The number of ether oxygens (including phenoxy) is 4. The molecule has 0 fully saturated rings. The molecule has 0 unspecified atom stereocenters. The SMILES string of the molecule is COc1cc(C(=O)Nc2cccc(C(=O)NN=Cc3cc(Br)ccc3OC(=O)c3ccc(C)cc3)c2)cc(OC)c1OC. The molecule has 0 aliphatic heterocycles. The maximum atomic E-state index is 13.0. The van der Waals surface area contributed by atoms with Crippen LogP contribution in [0.1, 0.15) is 42.2 Å². The highest BCUT2D eigenvalue weighted by molar-refractivity contribution is 9.10. The highest BCUT2D eigenvalue weighted by atomic mass is 79.9. The molecule has 0 radical (unpaired) electrons. The lowest BCUT2D eigenvalue weighted by atomic mass is 10.1. The van der Waals surface area contributed by atoms with E-state index in [0.29, 0.717) is 34.1 Å². The smallest absolute Gasteiger partial charge is 0.343 e. The van der Waals surface area contributed by atoms with Crippen LogP contribution in [0.15, 0.2) is 88.4 Å². The van der Waals surface area contributed by atoms with Crippen molar-refractivity contribution in [3.63, 3.8) is 0 Å². The minimum absolute atomic E-state index is 0.250. The van der Waals surface area contributed by atoms with Crippen LogP contribution >= 0.6 is 15.9 Å². The van der Waals surface area contributed by atoms with Crippen LogP contribution in [0.2, 0.25) is 0 Å². The van der Waals surface area contributed by atoms with Gasteiger partial charge < -0.3 is 24.3 Å². The summed E-state index contributed by atoms with van der Waals surface area (Å²) in [6.07, 6.45) is 1.37. The Morgan fingerprint density at radius 1 is 0.744 bits per heavy atom. The summed E-state index contributed by atoms with van der Waals surface area (Å²) in [4.78, 5) is 38.4. The summed E-state index contributed by atoms with van der Waals surface area (Å²) >= 11 is 3.40. The van der Waals surface area contributed by atoms with Gasteiger partial charge in [-0.25, -0.2) is 10.2 Å². The fraction of sp³-hybridized carbons (Fsp3) is 0.125. The number of carbonyl (C=O) groups excluding carboxylic acids is 3. The van der Waals surface area contributed by atoms with Crippen molar-refractivity contribution in [2.24, 2.45) is 5.10 Å². The molecule has 220 valence electrons. The molecular weight excluding hydrogens is 618 g/mol. The topological polar surface area (TPSA) is 125 Å². The van der Waals surface area contributed by atoms with Gasteiger partial charge in [-0.15, -0.1) is 0 Å². The molecule has 11 heteroatoms. The maximum absolute atomic E-state index is 13.0. The van der Waals surface area contributed by atoms with Crippen LogP contribution in [0, 0.1) is 6.92 Å². The number of nitrogens with one attached hydrogen (secondary N) is 2. The number of methoxy groups -OCH3 is 3. The van der Waals surface area contributed by atoms with Crippen molar-refractivity contribution in [2.45, 2.75) is 6.92 Å². The molecular formula is C32H28BrN3O7. The first kappa shape index (κ1) is 30.8. The number of benzene rings is 4. The number of nitrogens with zero attached hydrogens (tertiary/aromatic N) is 1. The summed E-state index contributed by atoms with van der Waals surface area (Å²) in [7, 11) is 4.39. The number of hydrogen-bond acceptors (Lipinski definition) is 8. The van der Waals surface area contributed by atoms with E-state index in [4.69, 9.17) is 18.9 Å². The van der Waals surface area contributed by atoms with Gasteiger partial charge in [0.25, 0.3) is 11.8 Å². The number of amides is 2. The Balaban J connectivity index is 1.45. The van der Waals surface area contributed by atoms with Crippen LogP contribution in [-0.4, -0.2) is 45.3 Å². The molecule has 0 heterocycles. The van der Waals surface area contributed by atoms with E-state index >= 15 is 0 Å². The number of hydrogen-bond donors (Lipinski definition) is 2. The lowest BCUT2D eigenvalue weighted by Gasteiger charge is -2.14. The molecule has 4 aromatic carbocycles. The number of anilines is 1. The van der Waals surface area contributed by atoms with E-state index < -0.39 is 17.8 Å². The molecule has 0 saturated heterocycles. The van der Waals surface area contributed by atoms with Gasteiger partial charge in [0.05, 0.1) is 33.1 Å². The molecule has 2 N–H and O–H groups in total. The van der Waals surface area contributed by atoms with E-state index in [2.05, 4.69) is 31.8 Å². The summed E-state index contributed by atoms with van der Waals surface area (Å²) < 4.78 is 22.2. The molecule has 0 aliphatic rings. The van der Waals surface area contributed by atoms with Gasteiger partial charge in [0.15, 0.2) is 11.5 Å². The van der Waals surface area contributed by atoms with Gasteiger partial charge in [-0.05, 0) is 67.6 Å². The van der Waals surface area contributed by atoms with E-state index in [-0.39, 0.29) is 16.9 Å². The first-order chi connectivity index (χ1) is 20.7. The molecule has 43 heavy (non-hydrogen) atoms. The maximum Gasteiger partial charge on any atom is 0.343 e. The highest BCUT2D eigenvalue weighted by Crippen LogP contribution is 2.38. The van der Waals surface area contributed by atoms with E-state index in [1.165, 1.54) is 45.7 Å². The van der Waals surface area contributed by atoms with Crippen LogP contribution in [-0.2, 0) is 0 Å². The molecule has 0 bridgehead atoms. The second kappa shape index (κ2) is 14.1. The van der Waals surface area contributed by atoms with E-state index in [1.807, 2.05) is 19.1 Å². The molecule has 0 saturated carbocycles. The van der Waals surface area contributed by atoms with Gasteiger partial charge in [-0.3, -0.25) is 9.59 Å². The number of rotatable bonds is 10. The minimum atomic E-state index is -0.522. The summed E-state index contributed by atoms with van der Waals surface area (Å²) in [5.41, 5.74) is 5.24. The average molecular weight is 646 g/mol. The number of carbonyl (C=O) groups is 3. The zero-order chi connectivity index (χ0) is 30.9. The summed E-state index contributed by atoms with van der Waals surface area (Å²) in [5, 5.41) is 6.80. The van der Waals surface area contributed by atoms with Crippen molar-refractivity contribution in [3.05, 3.63) is 111 Å². The predicted octanol–water partition coefficient (Wildman–Crippen LogP) is 6.02. The second-order valence-corrected chi connectivity index (χ2v) is 10.0. The van der Waals surface area contributed by atoms with Gasteiger partial charge in [-0.1, -0.05) is 39.7 Å². The number of hydrazone groups is 1. The number of aryl methyl sites for hydroxylation is 1. The standard InChI is InChI=1S/C32H28BrN3O7/c1-19-8-10-20(11-9-19)32(39)43-26-13-12-24(33)14-23(26)18-34-36-31(38)21-6-5-7-25(15-21)35-30(37)22-16-27(40-2)29(42-4)28(17-22)41-3/h5-18H,1-4H3,(H,35,37)(H,36,38). The Bertz CT molecular complexity index is 1660. The number of halogens is 1. The Kier molecular flexibility index (Phi) is 10.1. The molecule has 10 nitrogen and oxygen atoms in total. The number of esters is 1. The molecule has 4 rings (SSSR count). The predicted molar refractivity (Wildman–Crippen MR) is 166 cm³/mol. The van der Waals surface area contributed by atoms with E-state index in [9.17, 15) is 14.4 Å². The third-order valence-electron chi connectivity index (χ3n) is 6.14. The first-order valence-corrected chi connectivity index (χ1v) is 13.6. The first-order valence-electron chi connectivity index (χ1n) is 12.9. The van der Waals surface area contributed by atoms with Gasteiger partial charge in [0.2, 0.25) is 5.75 Å². The van der Waals surface area contributed by atoms with Crippen molar-refractivity contribution in [1.29, 1.82) is 0 Å². The van der Waals surface area contributed by atoms with Crippen LogP contribution in [0.5, 0.6) is 23.0 Å². The second-order valence-electron chi connectivity index (χ2n) is 9.09. The van der Waals surface area contributed by atoms with E-state index in [1.54, 1.807) is 48.5 Å². The van der Waals surface area contributed by atoms with Gasteiger partial charge in [0, 0.05) is 26.9 Å². The molecule has 4 aromatic rings. The molecule has 2 amide bonds. The third kappa shape index (κ3) is 7.77. The Morgan fingerprint density at radius 2 is 1.44 bits per heavy atom. The van der Waals surface area contributed by atoms with Crippen molar-refractivity contribution < 1.29 is 33.3 Å². The van der Waals surface area contributed by atoms with Crippen LogP contribution in [0.4, 0.5) is 5.69 Å². The summed E-state index contributed by atoms with van der Waals surface area (Å²) in [6, 6.07) is 21.5. The largest absolute Gasteiger partial charge is 0.493 e. The van der Waals surface area contributed by atoms with Gasteiger partial charge in [0.1, 0.15) is 5.75 Å². The Morgan fingerprint density at radius 3 is 2.09 bits per heavy atom. The lowest BCUT2D eigenvalue weighted by Crippen LogP contribution is -2.18. The Hall–Kier alpha value is -5.16. The molecule has 0 atom stereocenters. The zero-order valence-corrected chi connectivity index (χ0v) is 25.4. The third-order valence-corrected chi connectivity index (χ3v) is 6.63. The zero-order valence-electron chi connectivity index (χ0n) is 23.8. The monoisotopic (exact) mass is 645 g/mol. The fourth-order valence-corrected chi connectivity index (χ4v) is 4.32. The Labute approximate surface area is 256 Å². The van der Waals surface area contributed by atoms with E-state index in [0.717, 1.165) is 10.0 Å². The minimum Gasteiger partial charge on any atom is -0.493 e. The normalized spacial score (nSPS) is 10.6. The highest BCUT2D eigenvalue weighted by Gasteiger charge is 2.18. The average Bonchev–Trinajstić information content (AvgIpc) is 3.01. The van der Waals surface area contributed by atoms with Crippen LogP contribution < -0.4 is 29.7 Å².